The van der Waals surface area contributed by atoms with Crippen LogP contribution in [0.15, 0.2) is 47.3 Å². The van der Waals surface area contributed by atoms with Crippen LogP contribution in [0.4, 0.5) is 26.4 Å². The fraction of sp³-hybridized carbons (Fsp3) is 0.130. The van der Waals surface area contributed by atoms with Crippen LogP contribution < -0.4 is 22.3 Å². The van der Waals surface area contributed by atoms with Gasteiger partial charge < -0.3 is 16.8 Å². The number of benzene rings is 2. The number of hydrogen-bond donors (Lipinski definition) is 3. The molecule has 174 valence electrons. The van der Waals surface area contributed by atoms with Gasteiger partial charge in [0.15, 0.2) is 5.82 Å². The summed E-state index contributed by atoms with van der Waals surface area (Å²) in [5.41, 5.74) is 11.0. The molecule has 2 aromatic carbocycles. The van der Waals surface area contributed by atoms with Gasteiger partial charge in [-0.1, -0.05) is 18.2 Å². The number of halogens is 2. The Hall–Kier alpha value is -5.10. The number of anilines is 3. The van der Waals surface area contributed by atoms with Gasteiger partial charge in [-0.15, -0.1) is 0 Å². The van der Waals surface area contributed by atoms with Crippen molar-refractivity contribution in [3.8, 4) is 17.8 Å². The van der Waals surface area contributed by atoms with Gasteiger partial charge in [0.1, 0.15) is 29.3 Å². The molecule has 4 aromatic rings. The standard InChI is InChI=1S/C23H17F2N9O/c1-11(30-20-16(10-27)19(28)32-23(29)33-20)21-31-17-13(9-26)5-3-7-15(17)22(35)34(21)14-6-2-4-12(8-14)18(24)25/h2-8,11,18H,1H3,(H5,28,29,30,32,33)/t11-/m0/s1. The summed E-state index contributed by atoms with van der Waals surface area (Å²) in [7, 11) is 0. The third-order valence-corrected chi connectivity index (χ3v) is 5.23. The highest BCUT2D eigenvalue weighted by atomic mass is 19.3. The number of nitrogens with one attached hydrogen (secondary N) is 1. The third kappa shape index (κ3) is 4.16. The van der Waals surface area contributed by atoms with Crippen LogP contribution in [0, 0.1) is 22.7 Å². The van der Waals surface area contributed by atoms with Gasteiger partial charge >= 0.3 is 0 Å². The van der Waals surface area contributed by atoms with E-state index in [0.717, 1.165) is 0 Å². The molecule has 0 unspecified atom stereocenters. The first kappa shape index (κ1) is 23.1. The van der Waals surface area contributed by atoms with Gasteiger partial charge in [0, 0.05) is 5.56 Å². The first-order valence-electron chi connectivity index (χ1n) is 10.2. The highest BCUT2D eigenvalue weighted by Gasteiger charge is 2.22. The van der Waals surface area contributed by atoms with Crippen molar-refractivity contribution in [1.29, 1.82) is 10.5 Å². The topological polar surface area (TPSA) is 172 Å². The monoisotopic (exact) mass is 473 g/mol. The van der Waals surface area contributed by atoms with Crippen molar-refractivity contribution in [2.75, 3.05) is 16.8 Å². The van der Waals surface area contributed by atoms with E-state index in [4.69, 9.17) is 11.5 Å². The molecule has 1 atom stereocenters. The van der Waals surface area contributed by atoms with Crippen molar-refractivity contribution in [1.82, 2.24) is 19.5 Å². The number of aromatic nitrogens is 4. The quantitative estimate of drug-likeness (QED) is 0.393. The Morgan fingerprint density at radius 2 is 1.80 bits per heavy atom. The minimum Gasteiger partial charge on any atom is -0.382 e. The van der Waals surface area contributed by atoms with Gasteiger partial charge in [-0.25, -0.2) is 13.8 Å². The molecule has 0 radical (unpaired) electrons. The van der Waals surface area contributed by atoms with Gasteiger partial charge in [0.2, 0.25) is 5.95 Å². The van der Waals surface area contributed by atoms with Crippen molar-refractivity contribution in [3.63, 3.8) is 0 Å². The zero-order chi connectivity index (χ0) is 25.3. The number of nitrogens with zero attached hydrogens (tertiary/aromatic N) is 6. The Labute approximate surface area is 197 Å². The molecule has 0 aliphatic heterocycles. The van der Waals surface area contributed by atoms with E-state index >= 15 is 0 Å². The molecule has 12 heteroatoms. The van der Waals surface area contributed by atoms with Crippen LogP contribution in [0.2, 0.25) is 0 Å². The lowest BCUT2D eigenvalue weighted by Gasteiger charge is -2.21. The second kappa shape index (κ2) is 9.03. The van der Waals surface area contributed by atoms with E-state index in [-0.39, 0.29) is 56.7 Å². The van der Waals surface area contributed by atoms with E-state index in [1.807, 2.05) is 12.1 Å². The number of nitriles is 2. The summed E-state index contributed by atoms with van der Waals surface area (Å²) < 4.78 is 28.0. The molecule has 0 bridgehead atoms. The second-order valence-corrected chi connectivity index (χ2v) is 7.49. The van der Waals surface area contributed by atoms with Crippen LogP contribution >= 0.6 is 0 Å². The normalized spacial score (nSPS) is 11.7. The average molecular weight is 473 g/mol. The Morgan fingerprint density at radius 1 is 1.06 bits per heavy atom. The molecule has 0 spiro atoms. The smallest absolute Gasteiger partial charge is 0.266 e. The van der Waals surface area contributed by atoms with Crippen LogP contribution in [0.5, 0.6) is 0 Å². The molecular formula is C23H17F2N9O. The summed E-state index contributed by atoms with van der Waals surface area (Å²) in [6.45, 7) is 1.62. The molecule has 35 heavy (non-hydrogen) atoms. The fourth-order valence-electron chi connectivity index (χ4n) is 3.64. The SMILES string of the molecule is C[C@H](Nc1nc(N)nc(N)c1C#N)c1nc2c(C#N)cccc2c(=O)n1-c1cccc(C(F)F)c1. The summed E-state index contributed by atoms with van der Waals surface area (Å²) in [4.78, 5) is 25.9. The van der Waals surface area contributed by atoms with Crippen LogP contribution in [0.25, 0.3) is 16.6 Å². The van der Waals surface area contributed by atoms with Gasteiger partial charge in [-0.05, 0) is 31.2 Å². The van der Waals surface area contributed by atoms with E-state index in [2.05, 4.69) is 20.3 Å². The molecule has 2 heterocycles. The molecule has 0 saturated carbocycles. The average Bonchev–Trinajstić information content (AvgIpc) is 2.83. The molecular weight excluding hydrogens is 456 g/mol. The molecule has 0 aliphatic rings. The minimum atomic E-state index is -2.76. The highest BCUT2D eigenvalue weighted by Crippen LogP contribution is 2.27. The molecule has 0 saturated heterocycles. The Bertz CT molecular complexity index is 1600. The van der Waals surface area contributed by atoms with E-state index in [1.165, 1.54) is 47.0 Å². The van der Waals surface area contributed by atoms with Crippen molar-refractivity contribution >= 4 is 28.5 Å². The predicted octanol–water partition coefficient (Wildman–Crippen LogP) is 3.19. The second-order valence-electron chi connectivity index (χ2n) is 7.49. The number of fused-ring (bicyclic) bond motifs is 1. The Morgan fingerprint density at radius 3 is 2.49 bits per heavy atom. The van der Waals surface area contributed by atoms with Gasteiger partial charge in [-0.2, -0.15) is 20.5 Å². The Balaban J connectivity index is 1.99. The van der Waals surface area contributed by atoms with Gasteiger partial charge in [0.05, 0.1) is 28.2 Å². The van der Waals surface area contributed by atoms with Crippen LogP contribution in [0.3, 0.4) is 0 Å². The lowest BCUT2D eigenvalue weighted by molar-refractivity contribution is 0.151. The molecule has 0 aliphatic carbocycles. The number of nitrogen functional groups attached to an aromatic ring is 2. The van der Waals surface area contributed by atoms with Crippen molar-refractivity contribution in [3.05, 3.63) is 75.3 Å². The fourth-order valence-corrected chi connectivity index (χ4v) is 3.64. The summed E-state index contributed by atoms with van der Waals surface area (Å²) in [6, 6.07) is 12.9. The summed E-state index contributed by atoms with van der Waals surface area (Å²) >= 11 is 0. The molecule has 5 N–H and O–H groups in total. The van der Waals surface area contributed by atoms with Gasteiger partial charge in [-0.3, -0.25) is 9.36 Å². The minimum absolute atomic E-state index is 0.000736. The number of hydrogen-bond acceptors (Lipinski definition) is 9. The number of para-hydroxylation sites is 1. The van der Waals surface area contributed by atoms with Crippen LogP contribution in [0.1, 0.15) is 41.9 Å². The zero-order valence-electron chi connectivity index (χ0n) is 18.2. The number of rotatable bonds is 5. The number of alkyl halides is 2. The first-order chi connectivity index (χ1) is 16.7. The summed E-state index contributed by atoms with van der Waals surface area (Å²) in [5.74, 6) is -0.247. The van der Waals surface area contributed by atoms with Crippen LogP contribution in [-0.2, 0) is 0 Å². The molecule has 2 aromatic heterocycles. The maximum absolute atomic E-state index is 13.6. The van der Waals surface area contributed by atoms with E-state index in [0.29, 0.717) is 0 Å². The predicted molar refractivity (Wildman–Crippen MR) is 125 cm³/mol. The van der Waals surface area contributed by atoms with Crippen molar-refractivity contribution in [2.45, 2.75) is 19.4 Å². The van der Waals surface area contributed by atoms with E-state index in [1.54, 1.807) is 6.92 Å². The van der Waals surface area contributed by atoms with Crippen molar-refractivity contribution < 1.29 is 8.78 Å². The highest BCUT2D eigenvalue weighted by molar-refractivity contribution is 5.83. The maximum Gasteiger partial charge on any atom is 0.266 e. The van der Waals surface area contributed by atoms with E-state index < -0.39 is 18.0 Å². The van der Waals surface area contributed by atoms with Gasteiger partial charge in [0.25, 0.3) is 12.0 Å². The van der Waals surface area contributed by atoms with Crippen molar-refractivity contribution in [2.24, 2.45) is 0 Å². The maximum atomic E-state index is 13.6. The summed E-state index contributed by atoms with van der Waals surface area (Å²) in [5, 5.41) is 22.1. The lowest BCUT2D eigenvalue weighted by Crippen LogP contribution is -2.28. The Kier molecular flexibility index (Phi) is 5.96. The number of nitrogens with two attached hydrogens (primary N) is 2. The first-order valence-corrected chi connectivity index (χ1v) is 10.2. The molecule has 4 rings (SSSR count). The molecule has 0 amide bonds. The molecule has 0 fully saturated rings. The lowest BCUT2D eigenvalue weighted by atomic mass is 10.1. The van der Waals surface area contributed by atoms with E-state index in [9.17, 15) is 24.1 Å². The largest absolute Gasteiger partial charge is 0.382 e. The molecule has 10 nitrogen and oxygen atoms in total. The van der Waals surface area contributed by atoms with Crippen LogP contribution in [-0.4, -0.2) is 19.5 Å². The summed E-state index contributed by atoms with van der Waals surface area (Å²) in [6.07, 6.45) is -2.76. The zero-order valence-corrected chi connectivity index (χ0v) is 18.2. The third-order valence-electron chi connectivity index (χ3n) is 5.23.